The number of nitrogens with zero attached hydrogens (tertiary/aromatic N) is 6. The summed E-state index contributed by atoms with van der Waals surface area (Å²) >= 11 is 0. The summed E-state index contributed by atoms with van der Waals surface area (Å²) in [7, 11) is 3.91. The van der Waals surface area contributed by atoms with Crippen LogP contribution in [0.15, 0.2) is 61.2 Å². The van der Waals surface area contributed by atoms with Gasteiger partial charge in [-0.3, -0.25) is 15.1 Å². The summed E-state index contributed by atoms with van der Waals surface area (Å²) in [4.78, 5) is 23.3. The van der Waals surface area contributed by atoms with Crippen LogP contribution in [-0.4, -0.2) is 67.3 Å². The number of imidazole rings is 1. The van der Waals surface area contributed by atoms with Crippen molar-refractivity contribution in [2.45, 2.75) is 0 Å². The molecule has 6 rings (SSSR count). The molecule has 0 aliphatic rings. The summed E-state index contributed by atoms with van der Waals surface area (Å²) in [6, 6.07) is 10.2. The van der Waals surface area contributed by atoms with Gasteiger partial charge in [-0.25, -0.2) is 14.4 Å². The molecular formula is C27H24FN9O. The van der Waals surface area contributed by atoms with Crippen LogP contribution in [0, 0.1) is 5.82 Å². The lowest BCUT2D eigenvalue weighted by molar-refractivity contribution is 0.260. The number of nitrogens with one attached hydrogen (secondary N) is 2. The molecule has 38 heavy (non-hydrogen) atoms. The smallest absolute Gasteiger partial charge is 0.159 e. The van der Waals surface area contributed by atoms with Crippen molar-refractivity contribution in [3.63, 3.8) is 0 Å². The Kier molecular flexibility index (Phi) is 5.89. The van der Waals surface area contributed by atoms with Crippen molar-refractivity contribution in [2.24, 2.45) is 0 Å². The van der Waals surface area contributed by atoms with E-state index in [9.17, 15) is 4.39 Å². The average Bonchev–Trinajstić information content (AvgIpc) is 3.51. The Bertz CT molecular complexity index is 1780. The fraction of sp³-hybridized carbons (Fsp3) is 0.148. The molecule has 4 N–H and O–H groups in total. The summed E-state index contributed by atoms with van der Waals surface area (Å²) < 4.78 is 20.3. The Morgan fingerprint density at radius 2 is 1.84 bits per heavy atom. The van der Waals surface area contributed by atoms with Crippen molar-refractivity contribution in [1.29, 1.82) is 0 Å². The molecule has 190 valence electrons. The third-order valence-electron chi connectivity index (χ3n) is 6.09. The number of hydrogen-bond donors (Lipinski definition) is 3. The molecule has 0 bridgehead atoms. The monoisotopic (exact) mass is 509 g/mol. The molecule has 5 aromatic heterocycles. The first kappa shape index (κ1) is 23.5. The van der Waals surface area contributed by atoms with E-state index in [-0.39, 0.29) is 0 Å². The number of rotatable bonds is 7. The van der Waals surface area contributed by atoms with Crippen molar-refractivity contribution in [3.8, 4) is 39.7 Å². The van der Waals surface area contributed by atoms with E-state index >= 15 is 0 Å². The third-order valence-corrected chi connectivity index (χ3v) is 6.09. The van der Waals surface area contributed by atoms with Gasteiger partial charge in [0.1, 0.15) is 29.4 Å². The second-order valence-electron chi connectivity index (χ2n) is 9.17. The van der Waals surface area contributed by atoms with Crippen molar-refractivity contribution in [2.75, 3.05) is 33.0 Å². The Labute approximate surface area is 216 Å². The predicted molar refractivity (Wildman–Crippen MR) is 144 cm³/mol. The maximum atomic E-state index is 14.5. The first-order chi connectivity index (χ1) is 18.4. The highest BCUT2D eigenvalue weighted by molar-refractivity contribution is 5.96. The van der Waals surface area contributed by atoms with Crippen LogP contribution in [-0.2, 0) is 0 Å². The number of pyridine rings is 3. The van der Waals surface area contributed by atoms with Gasteiger partial charge >= 0.3 is 0 Å². The number of fused-ring (bicyclic) bond motifs is 2. The molecule has 0 fully saturated rings. The Hall–Kier alpha value is -4.90. The first-order valence-electron chi connectivity index (χ1n) is 11.9. The Balaban J connectivity index is 1.40. The van der Waals surface area contributed by atoms with Crippen LogP contribution in [0.3, 0.4) is 0 Å². The molecule has 10 nitrogen and oxygen atoms in total. The van der Waals surface area contributed by atoms with E-state index in [0.717, 1.165) is 22.0 Å². The Morgan fingerprint density at radius 1 is 0.974 bits per heavy atom. The molecule has 0 unspecified atom stereocenters. The van der Waals surface area contributed by atoms with Crippen molar-refractivity contribution >= 4 is 27.8 Å². The van der Waals surface area contributed by atoms with E-state index < -0.39 is 5.82 Å². The number of aromatic amines is 2. The maximum Gasteiger partial charge on any atom is 0.159 e. The minimum Gasteiger partial charge on any atom is -0.492 e. The van der Waals surface area contributed by atoms with Crippen LogP contribution >= 0.6 is 0 Å². The quantitative estimate of drug-likeness (QED) is 0.290. The molecule has 11 heteroatoms. The van der Waals surface area contributed by atoms with E-state index in [1.54, 1.807) is 30.9 Å². The van der Waals surface area contributed by atoms with Crippen LogP contribution in [0.2, 0.25) is 0 Å². The minimum atomic E-state index is -0.412. The van der Waals surface area contributed by atoms with Crippen LogP contribution in [0.1, 0.15) is 0 Å². The molecular weight excluding hydrogens is 485 g/mol. The second-order valence-corrected chi connectivity index (χ2v) is 9.17. The van der Waals surface area contributed by atoms with Crippen molar-refractivity contribution in [1.82, 2.24) is 40.0 Å². The van der Waals surface area contributed by atoms with Gasteiger partial charge in [0.05, 0.1) is 22.3 Å². The number of halogens is 1. The standard InChI is InChI=1S/C27H24FN9O/c1-37(2)5-6-38-20-9-15(7-18(28)11-20)23-25-22(3-4-31-23)33-27(34-25)24-21-10-17(13-32-26(21)36-35-24)16-8-19(29)14-30-12-16/h3-4,7-14H,5-6,29H2,1-2H3,(H,33,34)(H,32,35,36). The van der Waals surface area contributed by atoms with Gasteiger partial charge in [-0.2, -0.15) is 5.10 Å². The number of nitrogen functional groups attached to an aromatic ring is 1. The van der Waals surface area contributed by atoms with Gasteiger partial charge in [0.25, 0.3) is 0 Å². The molecule has 5 heterocycles. The molecule has 6 aromatic rings. The summed E-state index contributed by atoms with van der Waals surface area (Å²) in [5.41, 5.74) is 11.8. The van der Waals surface area contributed by atoms with Crippen molar-refractivity contribution in [3.05, 3.63) is 67.0 Å². The fourth-order valence-electron chi connectivity index (χ4n) is 4.25. The predicted octanol–water partition coefficient (Wildman–Crippen LogP) is 4.29. The maximum absolute atomic E-state index is 14.5. The molecule has 1 aromatic carbocycles. The number of ether oxygens (including phenoxy) is 1. The number of nitrogens with two attached hydrogens (primary N) is 1. The number of aromatic nitrogens is 7. The van der Waals surface area contributed by atoms with Crippen LogP contribution < -0.4 is 10.5 Å². The van der Waals surface area contributed by atoms with Gasteiger partial charge in [0.15, 0.2) is 11.5 Å². The molecule has 0 saturated carbocycles. The SMILES string of the molecule is CN(C)CCOc1cc(F)cc(-c2nccc3[nH]c(-c4n[nH]c5ncc(-c6cncc(N)c6)cc45)nc23)c1. The number of anilines is 1. The molecule has 0 atom stereocenters. The second kappa shape index (κ2) is 9.52. The summed E-state index contributed by atoms with van der Waals surface area (Å²) in [6.45, 7) is 1.15. The number of hydrogen-bond acceptors (Lipinski definition) is 8. The highest BCUT2D eigenvalue weighted by Crippen LogP contribution is 2.33. The van der Waals surface area contributed by atoms with Crippen molar-refractivity contribution < 1.29 is 9.13 Å². The molecule has 0 amide bonds. The largest absolute Gasteiger partial charge is 0.492 e. The first-order valence-corrected chi connectivity index (χ1v) is 11.9. The lowest BCUT2D eigenvalue weighted by atomic mass is 10.1. The van der Waals surface area contributed by atoms with Gasteiger partial charge in [-0.1, -0.05) is 0 Å². The van der Waals surface area contributed by atoms with Crippen LogP contribution in [0.4, 0.5) is 10.1 Å². The number of likely N-dealkylation sites (N-methyl/N-ethyl adjacent to an activating group) is 1. The summed E-state index contributed by atoms with van der Waals surface area (Å²) in [6.07, 6.45) is 6.72. The average molecular weight is 510 g/mol. The van der Waals surface area contributed by atoms with Crippen LogP contribution in [0.5, 0.6) is 5.75 Å². The zero-order valence-corrected chi connectivity index (χ0v) is 20.7. The lowest BCUT2D eigenvalue weighted by Gasteiger charge is -2.12. The molecule has 0 aliphatic carbocycles. The van der Waals surface area contributed by atoms with E-state index in [2.05, 4.69) is 30.1 Å². The number of H-pyrrole nitrogens is 2. The third kappa shape index (κ3) is 4.50. The van der Waals surface area contributed by atoms with Gasteiger partial charge in [0.2, 0.25) is 0 Å². The highest BCUT2D eigenvalue weighted by atomic mass is 19.1. The van der Waals surface area contributed by atoms with Gasteiger partial charge in [0, 0.05) is 54.1 Å². The normalized spacial score (nSPS) is 11.6. The molecule has 0 saturated heterocycles. The molecule has 0 spiro atoms. The van der Waals surface area contributed by atoms with Gasteiger partial charge in [-0.05, 0) is 44.4 Å². The van der Waals surface area contributed by atoms with Gasteiger partial charge in [-0.15, -0.1) is 0 Å². The van der Waals surface area contributed by atoms with E-state index in [1.165, 1.54) is 12.1 Å². The number of benzene rings is 1. The molecule has 0 aliphatic heterocycles. The van der Waals surface area contributed by atoms with E-state index in [4.69, 9.17) is 15.5 Å². The topological polar surface area (TPSA) is 135 Å². The zero-order chi connectivity index (χ0) is 26.2. The minimum absolute atomic E-state index is 0.412. The lowest BCUT2D eigenvalue weighted by Crippen LogP contribution is -2.19. The zero-order valence-electron chi connectivity index (χ0n) is 20.7. The highest BCUT2D eigenvalue weighted by Gasteiger charge is 2.18. The van der Waals surface area contributed by atoms with E-state index in [1.807, 2.05) is 37.2 Å². The van der Waals surface area contributed by atoms with Crippen LogP contribution in [0.25, 0.3) is 56.0 Å². The summed E-state index contributed by atoms with van der Waals surface area (Å²) in [5, 5.41) is 8.21. The Morgan fingerprint density at radius 3 is 2.68 bits per heavy atom. The van der Waals surface area contributed by atoms with Gasteiger partial charge < -0.3 is 20.4 Å². The fourth-order valence-corrected chi connectivity index (χ4v) is 4.25. The summed E-state index contributed by atoms with van der Waals surface area (Å²) in [5.74, 6) is 0.554. The molecule has 0 radical (unpaired) electrons. The van der Waals surface area contributed by atoms with E-state index in [0.29, 0.717) is 58.5 Å².